The summed E-state index contributed by atoms with van der Waals surface area (Å²) in [7, 11) is 0. The van der Waals surface area contributed by atoms with Crippen LogP contribution in [0.4, 0.5) is 0 Å². The van der Waals surface area contributed by atoms with E-state index in [0.29, 0.717) is 12.1 Å². The minimum Gasteiger partial charge on any atom is -0.311 e. The summed E-state index contributed by atoms with van der Waals surface area (Å²) in [6, 6.07) is 1.30. The van der Waals surface area contributed by atoms with Gasteiger partial charge in [0.05, 0.1) is 0 Å². The lowest BCUT2D eigenvalue weighted by Gasteiger charge is -2.22. The van der Waals surface area contributed by atoms with Crippen LogP contribution in [-0.4, -0.2) is 24.1 Å². The molecule has 0 aromatic rings. The van der Waals surface area contributed by atoms with E-state index in [4.69, 9.17) is 0 Å². The Morgan fingerprint density at radius 1 is 1.17 bits per heavy atom. The van der Waals surface area contributed by atoms with E-state index < -0.39 is 0 Å². The number of thioether (sulfide) groups is 1. The first-order chi connectivity index (χ1) is 5.57. The Balaban J connectivity index is 3.47. The van der Waals surface area contributed by atoms with Gasteiger partial charge in [0.2, 0.25) is 0 Å². The molecular formula is C10H23NS. The summed E-state index contributed by atoms with van der Waals surface area (Å²) < 4.78 is 0. The van der Waals surface area contributed by atoms with E-state index in [0.717, 1.165) is 5.92 Å². The van der Waals surface area contributed by atoms with E-state index in [1.54, 1.807) is 0 Å². The Morgan fingerprint density at radius 2 is 1.75 bits per heavy atom. The monoisotopic (exact) mass is 189 g/mol. The summed E-state index contributed by atoms with van der Waals surface area (Å²) in [6.07, 6.45) is 3.44. The molecule has 0 aliphatic rings. The summed E-state index contributed by atoms with van der Waals surface area (Å²) in [5, 5.41) is 3.60. The highest BCUT2D eigenvalue weighted by Gasteiger charge is 2.09. The van der Waals surface area contributed by atoms with Crippen molar-refractivity contribution in [2.24, 2.45) is 5.92 Å². The Bertz CT molecular complexity index is 104. The largest absolute Gasteiger partial charge is 0.311 e. The van der Waals surface area contributed by atoms with Crippen LogP contribution >= 0.6 is 11.8 Å². The Labute approximate surface area is 81.7 Å². The molecule has 12 heavy (non-hydrogen) atoms. The normalized spacial score (nSPS) is 16.5. The molecule has 0 bridgehead atoms. The van der Waals surface area contributed by atoms with Crippen molar-refractivity contribution in [2.75, 3.05) is 12.0 Å². The third-order valence-electron chi connectivity index (χ3n) is 2.30. The van der Waals surface area contributed by atoms with Crippen molar-refractivity contribution in [3.8, 4) is 0 Å². The Hall–Kier alpha value is 0.310. The minimum absolute atomic E-state index is 0.641. The zero-order valence-electron chi connectivity index (χ0n) is 9.05. The molecule has 0 radical (unpaired) electrons. The zero-order chi connectivity index (χ0) is 9.56. The molecule has 1 N–H and O–H groups in total. The van der Waals surface area contributed by atoms with Gasteiger partial charge in [-0.25, -0.2) is 0 Å². The summed E-state index contributed by atoms with van der Waals surface area (Å²) in [5.41, 5.74) is 0. The Morgan fingerprint density at radius 3 is 2.17 bits per heavy atom. The molecule has 0 rings (SSSR count). The molecule has 1 nitrogen and oxygen atoms in total. The van der Waals surface area contributed by atoms with Crippen molar-refractivity contribution in [2.45, 2.75) is 46.2 Å². The van der Waals surface area contributed by atoms with Gasteiger partial charge in [-0.1, -0.05) is 13.8 Å². The molecule has 0 aliphatic heterocycles. The van der Waals surface area contributed by atoms with Crippen LogP contribution in [0.15, 0.2) is 0 Å². The summed E-state index contributed by atoms with van der Waals surface area (Å²) in [6.45, 7) is 9.06. The third kappa shape index (κ3) is 5.90. The van der Waals surface area contributed by atoms with Crippen molar-refractivity contribution in [3.05, 3.63) is 0 Å². The van der Waals surface area contributed by atoms with Crippen LogP contribution in [0.2, 0.25) is 0 Å². The first-order valence-electron chi connectivity index (χ1n) is 4.83. The van der Waals surface area contributed by atoms with E-state index in [1.807, 2.05) is 11.8 Å². The topological polar surface area (TPSA) is 12.0 Å². The van der Waals surface area contributed by atoms with Crippen molar-refractivity contribution in [3.63, 3.8) is 0 Å². The average Bonchev–Trinajstić information content (AvgIpc) is 2.00. The molecule has 2 unspecified atom stereocenters. The minimum atomic E-state index is 0.641. The summed E-state index contributed by atoms with van der Waals surface area (Å²) in [5.74, 6) is 2.00. The van der Waals surface area contributed by atoms with Gasteiger partial charge in [0.25, 0.3) is 0 Å². The van der Waals surface area contributed by atoms with Crippen LogP contribution in [0.5, 0.6) is 0 Å². The zero-order valence-corrected chi connectivity index (χ0v) is 9.87. The van der Waals surface area contributed by atoms with Gasteiger partial charge >= 0.3 is 0 Å². The third-order valence-corrected chi connectivity index (χ3v) is 2.95. The molecule has 74 valence electrons. The van der Waals surface area contributed by atoms with Crippen LogP contribution in [0.25, 0.3) is 0 Å². The predicted octanol–water partition coefficient (Wildman–Crippen LogP) is 2.76. The highest BCUT2D eigenvalue weighted by molar-refractivity contribution is 7.98. The molecule has 2 atom stereocenters. The van der Waals surface area contributed by atoms with E-state index >= 15 is 0 Å². The van der Waals surface area contributed by atoms with Crippen LogP contribution in [0.3, 0.4) is 0 Å². The van der Waals surface area contributed by atoms with Crippen LogP contribution in [0.1, 0.15) is 34.1 Å². The molecule has 0 heterocycles. The average molecular weight is 189 g/mol. The quantitative estimate of drug-likeness (QED) is 0.689. The van der Waals surface area contributed by atoms with Gasteiger partial charge in [-0.05, 0) is 38.2 Å². The lowest BCUT2D eigenvalue weighted by molar-refractivity contribution is 0.380. The van der Waals surface area contributed by atoms with Crippen molar-refractivity contribution in [1.82, 2.24) is 5.32 Å². The number of hydrogen-bond acceptors (Lipinski definition) is 2. The number of hydrogen-bond donors (Lipinski definition) is 1. The maximum Gasteiger partial charge on any atom is 0.00642 e. The van der Waals surface area contributed by atoms with Gasteiger partial charge in [0, 0.05) is 12.1 Å². The second-order valence-electron chi connectivity index (χ2n) is 3.88. The van der Waals surface area contributed by atoms with Gasteiger partial charge in [-0.15, -0.1) is 0 Å². The molecule has 0 aliphatic carbocycles. The first-order valence-corrected chi connectivity index (χ1v) is 6.22. The maximum absolute atomic E-state index is 3.60. The highest BCUT2D eigenvalue weighted by atomic mass is 32.2. The van der Waals surface area contributed by atoms with Crippen molar-refractivity contribution in [1.29, 1.82) is 0 Å². The molecule has 2 heteroatoms. The summed E-state index contributed by atoms with van der Waals surface area (Å²) >= 11 is 1.93. The van der Waals surface area contributed by atoms with E-state index in [9.17, 15) is 0 Å². The molecular weight excluding hydrogens is 166 g/mol. The number of nitrogens with one attached hydrogen (secondary N) is 1. The van der Waals surface area contributed by atoms with Crippen molar-refractivity contribution < 1.29 is 0 Å². The van der Waals surface area contributed by atoms with Gasteiger partial charge < -0.3 is 5.32 Å². The van der Waals surface area contributed by atoms with E-state index in [2.05, 4.69) is 39.3 Å². The summed E-state index contributed by atoms with van der Waals surface area (Å²) in [4.78, 5) is 0. The maximum atomic E-state index is 3.60. The van der Waals surface area contributed by atoms with E-state index in [-0.39, 0.29) is 0 Å². The van der Waals surface area contributed by atoms with Crippen molar-refractivity contribution >= 4 is 11.8 Å². The van der Waals surface area contributed by atoms with E-state index in [1.165, 1.54) is 12.2 Å². The highest BCUT2D eigenvalue weighted by Crippen LogP contribution is 2.05. The molecule has 0 fully saturated rings. The molecule has 0 amide bonds. The van der Waals surface area contributed by atoms with Gasteiger partial charge in [0.1, 0.15) is 0 Å². The lowest BCUT2D eigenvalue weighted by atomic mass is 10.1. The van der Waals surface area contributed by atoms with Gasteiger partial charge in [0.15, 0.2) is 0 Å². The predicted molar refractivity (Wildman–Crippen MR) is 59.9 cm³/mol. The van der Waals surface area contributed by atoms with Gasteiger partial charge in [-0.3, -0.25) is 0 Å². The second kappa shape index (κ2) is 6.79. The smallest absolute Gasteiger partial charge is 0.00642 e. The fraction of sp³-hybridized carbons (Fsp3) is 1.00. The fourth-order valence-electron chi connectivity index (χ4n) is 1.02. The molecule has 0 aromatic heterocycles. The number of rotatable bonds is 6. The van der Waals surface area contributed by atoms with Crippen LogP contribution < -0.4 is 5.32 Å². The fourth-order valence-corrected chi connectivity index (χ4v) is 1.61. The van der Waals surface area contributed by atoms with Crippen LogP contribution in [0, 0.1) is 5.92 Å². The van der Waals surface area contributed by atoms with Gasteiger partial charge in [-0.2, -0.15) is 11.8 Å². The molecule has 0 aromatic carbocycles. The molecule has 0 saturated carbocycles. The molecule has 0 spiro atoms. The lowest BCUT2D eigenvalue weighted by Crippen LogP contribution is -2.38. The molecule has 0 saturated heterocycles. The first kappa shape index (κ1) is 12.3. The van der Waals surface area contributed by atoms with Crippen LogP contribution in [-0.2, 0) is 0 Å². The SMILES string of the molecule is CSCCC(C)NC(C)C(C)C. The standard InChI is InChI=1S/C10H23NS/c1-8(2)10(4)11-9(3)6-7-12-5/h8-11H,6-7H2,1-5H3. The second-order valence-corrected chi connectivity index (χ2v) is 4.87. The Kier molecular flexibility index (Phi) is 6.96.